The number of amides is 1. The van der Waals surface area contributed by atoms with Gasteiger partial charge in [0.15, 0.2) is 0 Å². The van der Waals surface area contributed by atoms with E-state index in [2.05, 4.69) is 41.9 Å². The van der Waals surface area contributed by atoms with E-state index in [4.69, 9.17) is 0 Å². The second kappa shape index (κ2) is 7.70. The number of benzene rings is 2. The third-order valence-corrected chi connectivity index (χ3v) is 5.97. The van der Waals surface area contributed by atoms with Crippen LogP contribution in [0.5, 0.6) is 0 Å². The molecule has 3 aromatic rings. The van der Waals surface area contributed by atoms with E-state index in [-0.39, 0.29) is 11.5 Å². The molecule has 0 saturated carbocycles. The van der Waals surface area contributed by atoms with Crippen molar-refractivity contribution >= 4 is 22.5 Å². The average molecular weight is 390 g/mol. The molecule has 2 aromatic carbocycles. The van der Waals surface area contributed by atoms with Gasteiger partial charge in [0.25, 0.3) is 5.56 Å². The lowest BCUT2D eigenvalue weighted by molar-refractivity contribution is -0.134. The first kappa shape index (κ1) is 19.2. The van der Waals surface area contributed by atoms with E-state index in [1.807, 2.05) is 17.0 Å². The van der Waals surface area contributed by atoms with E-state index in [0.29, 0.717) is 24.0 Å². The van der Waals surface area contributed by atoms with Crippen molar-refractivity contribution < 1.29 is 4.79 Å². The predicted octanol–water partition coefficient (Wildman–Crippen LogP) is 2.92. The quantitative estimate of drug-likeness (QED) is 0.690. The van der Waals surface area contributed by atoms with Crippen LogP contribution in [0, 0.1) is 13.8 Å². The Morgan fingerprint density at radius 2 is 1.72 bits per heavy atom. The van der Waals surface area contributed by atoms with Gasteiger partial charge >= 0.3 is 0 Å². The minimum Gasteiger partial charge on any atom is -0.368 e. The molecule has 0 bridgehead atoms. The number of carbonyl (C=O) groups is 1. The molecular weight excluding hydrogens is 364 g/mol. The largest absolute Gasteiger partial charge is 0.368 e. The van der Waals surface area contributed by atoms with Gasteiger partial charge in [-0.25, -0.2) is 4.98 Å². The van der Waals surface area contributed by atoms with Crippen LogP contribution in [-0.2, 0) is 4.79 Å². The van der Waals surface area contributed by atoms with Crippen LogP contribution in [0.1, 0.15) is 24.1 Å². The molecule has 1 aliphatic rings. The number of para-hydroxylation sites is 1. The van der Waals surface area contributed by atoms with E-state index in [9.17, 15) is 9.59 Å². The molecule has 6 nitrogen and oxygen atoms in total. The summed E-state index contributed by atoms with van der Waals surface area (Å²) in [5, 5.41) is 0.536. The molecule has 1 saturated heterocycles. The summed E-state index contributed by atoms with van der Waals surface area (Å²) < 4.78 is 1.45. The maximum Gasteiger partial charge on any atom is 0.261 e. The highest BCUT2D eigenvalue weighted by molar-refractivity contribution is 5.82. The Morgan fingerprint density at radius 3 is 2.48 bits per heavy atom. The number of aryl methyl sites for hydroxylation is 1. The first-order valence-electron chi connectivity index (χ1n) is 10.0. The van der Waals surface area contributed by atoms with Crippen LogP contribution in [0.25, 0.3) is 10.9 Å². The van der Waals surface area contributed by atoms with Gasteiger partial charge in [-0.2, -0.15) is 0 Å². The Morgan fingerprint density at radius 1 is 1.00 bits per heavy atom. The van der Waals surface area contributed by atoms with Crippen molar-refractivity contribution in [1.29, 1.82) is 0 Å². The van der Waals surface area contributed by atoms with E-state index in [0.717, 1.165) is 13.1 Å². The number of piperazine rings is 1. The number of hydrogen-bond acceptors (Lipinski definition) is 4. The highest BCUT2D eigenvalue weighted by atomic mass is 16.2. The minimum absolute atomic E-state index is 0.0372. The van der Waals surface area contributed by atoms with Gasteiger partial charge in [0.2, 0.25) is 5.91 Å². The zero-order valence-electron chi connectivity index (χ0n) is 17.1. The Labute approximate surface area is 170 Å². The normalized spacial score (nSPS) is 15.6. The van der Waals surface area contributed by atoms with Gasteiger partial charge in [-0.05, 0) is 50.1 Å². The molecular formula is C23H26N4O2. The summed E-state index contributed by atoms with van der Waals surface area (Å²) in [7, 11) is 0. The lowest BCUT2D eigenvalue weighted by atomic mass is 10.1. The number of rotatable bonds is 3. The highest BCUT2D eigenvalue weighted by Crippen LogP contribution is 2.24. The number of hydrogen-bond donors (Lipinski definition) is 0. The van der Waals surface area contributed by atoms with E-state index >= 15 is 0 Å². The van der Waals surface area contributed by atoms with Crippen LogP contribution in [0.2, 0.25) is 0 Å². The number of nitrogens with zero attached hydrogens (tertiary/aromatic N) is 4. The zero-order chi connectivity index (χ0) is 20.5. The lowest BCUT2D eigenvalue weighted by Gasteiger charge is -2.38. The first-order chi connectivity index (χ1) is 14.0. The van der Waals surface area contributed by atoms with Crippen LogP contribution in [0.4, 0.5) is 5.69 Å². The molecule has 29 heavy (non-hydrogen) atoms. The van der Waals surface area contributed by atoms with Crippen molar-refractivity contribution in [2.75, 3.05) is 31.1 Å². The maximum atomic E-state index is 13.1. The highest BCUT2D eigenvalue weighted by Gasteiger charge is 2.27. The summed E-state index contributed by atoms with van der Waals surface area (Å²) in [6, 6.07) is 13.0. The molecule has 1 atom stereocenters. The molecule has 0 spiro atoms. The van der Waals surface area contributed by atoms with Crippen molar-refractivity contribution in [3.8, 4) is 0 Å². The fourth-order valence-electron chi connectivity index (χ4n) is 3.99. The smallest absolute Gasteiger partial charge is 0.261 e. The van der Waals surface area contributed by atoms with Crippen molar-refractivity contribution in [3.63, 3.8) is 0 Å². The molecule has 0 radical (unpaired) electrons. The molecule has 2 heterocycles. The Hall–Kier alpha value is -3.15. The third kappa shape index (κ3) is 3.50. The zero-order valence-corrected chi connectivity index (χ0v) is 17.1. The average Bonchev–Trinajstić information content (AvgIpc) is 2.75. The SMILES string of the molecule is Cc1cccc(N2CCN(C(=O)C(C)n3cnc4ccccc4c3=O)CC2)c1C. The predicted molar refractivity (Wildman–Crippen MR) is 115 cm³/mol. The van der Waals surface area contributed by atoms with Crippen LogP contribution < -0.4 is 10.5 Å². The van der Waals surface area contributed by atoms with Crippen LogP contribution in [0.3, 0.4) is 0 Å². The van der Waals surface area contributed by atoms with Gasteiger partial charge in [0, 0.05) is 31.9 Å². The van der Waals surface area contributed by atoms with Crippen molar-refractivity contribution in [3.05, 3.63) is 70.3 Å². The maximum absolute atomic E-state index is 13.1. The Bertz CT molecular complexity index is 1110. The number of aromatic nitrogens is 2. The fraction of sp³-hybridized carbons (Fsp3) is 0.348. The van der Waals surface area contributed by atoms with Crippen LogP contribution in [-0.4, -0.2) is 46.5 Å². The van der Waals surface area contributed by atoms with E-state index in [1.165, 1.54) is 27.7 Å². The molecule has 150 valence electrons. The van der Waals surface area contributed by atoms with Crippen molar-refractivity contribution in [2.45, 2.75) is 26.8 Å². The third-order valence-electron chi connectivity index (χ3n) is 5.97. The van der Waals surface area contributed by atoms with Crippen molar-refractivity contribution in [2.24, 2.45) is 0 Å². The summed E-state index contributed by atoms with van der Waals surface area (Å²) >= 11 is 0. The standard InChI is InChI=1S/C23H26N4O2/c1-16-7-6-10-21(17(16)2)25-11-13-26(14-12-25)22(28)18(3)27-15-24-20-9-5-4-8-19(20)23(27)29/h4-10,15,18H,11-14H2,1-3H3. The van der Waals surface area contributed by atoms with Crippen LogP contribution >= 0.6 is 0 Å². The van der Waals surface area contributed by atoms with Gasteiger partial charge < -0.3 is 9.80 Å². The van der Waals surface area contributed by atoms with Gasteiger partial charge in [-0.3, -0.25) is 14.2 Å². The number of anilines is 1. The molecule has 0 N–H and O–H groups in total. The molecule has 1 aromatic heterocycles. The molecule has 1 fully saturated rings. The summed E-state index contributed by atoms with van der Waals surface area (Å²) in [5.74, 6) is -0.0372. The number of fused-ring (bicyclic) bond motifs is 1. The second-order valence-electron chi connectivity index (χ2n) is 7.68. The molecule has 1 aliphatic heterocycles. The number of carbonyl (C=O) groups excluding carboxylic acids is 1. The molecule has 4 rings (SSSR count). The topological polar surface area (TPSA) is 58.4 Å². The van der Waals surface area contributed by atoms with Crippen molar-refractivity contribution in [1.82, 2.24) is 14.5 Å². The second-order valence-corrected chi connectivity index (χ2v) is 7.68. The van der Waals surface area contributed by atoms with Gasteiger partial charge in [-0.15, -0.1) is 0 Å². The van der Waals surface area contributed by atoms with Gasteiger partial charge in [0.1, 0.15) is 6.04 Å². The Kier molecular flexibility index (Phi) is 5.09. The van der Waals surface area contributed by atoms with Crippen LogP contribution in [0.15, 0.2) is 53.6 Å². The summed E-state index contributed by atoms with van der Waals surface area (Å²) in [6.07, 6.45) is 1.49. The van der Waals surface area contributed by atoms with Gasteiger partial charge in [0.05, 0.1) is 17.2 Å². The monoisotopic (exact) mass is 390 g/mol. The summed E-state index contributed by atoms with van der Waals surface area (Å²) in [6.45, 7) is 8.90. The lowest BCUT2D eigenvalue weighted by Crippen LogP contribution is -2.51. The molecule has 0 aliphatic carbocycles. The Balaban J connectivity index is 1.49. The molecule has 1 amide bonds. The first-order valence-corrected chi connectivity index (χ1v) is 10.0. The fourth-order valence-corrected chi connectivity index (χ4v) is 3.99. The van der Waals surface area contributed by atoms with Gasteiger partial charge in [-0.1, -0.05) is 24.3 Å². The van der Waals surface area contributed by atoms with E-state index < -0.39 is 6.04 Å². The summed E-state index contributed by atoms with van der Waals surface area (Å²) in [5.41, 5.74) is 4.27. The minimum atomic E-state index is -0.577. The van der Waals surface area contributed by atoms with E-state index in [1.54, 1.807) is 19.1 Å². The molecule has 6 heteroatoms. The summed E-state index contributed by atoms with van der Waals surface area (Å²) in [4.78, 5) is 34.4. The molecule has 1 unspecified atom stereocenters.